The molecule has 2 aliphatic heterocycles. The Balaban J connectivity index is 2.02. The number of phosphoric ester groups is 1. The summed E-state index contributed by atoms with van der Waals surface area (Å²) in [5.41, 5.74) is 0. The number of phosphoric acid groups is 1. The highest BCUT2D eigenvalue weighted by molar-refractivity contribution is 7.48. The molecule has 0 aromatic heterocycles. The van der Waals surface area contributed by atoms with Crippen LogP contribution >= 0.6 is 7.82 Å². The van der Waals surface area contributed by atoms with Crippen molar-refractivity contribution in [2.45, 2.75) is 103 Å². The van der Waals surface area contributed by atoms with Crippen LogP contribution in [0.1, 0.15) is 54.4 Å². The van der Waals surface area contributed by atoms with Crippen LogP contribution < -0.4 is 0 Å². The molecule has 0 saturated carbocycles. The van der Waals surface area contributed by atoms with E-state index in [4.69, 9.17) is 28.0 Å². The summed E-state index contributed by atoms with van der Waals surface area (Å²) < 4.78 is 44.3. The predicted molar refractivity (Wildman–Crippen MR) is 101 cm³/mol. The van der Waals surface area contributed by atoms with Gasteiger partial charge in [-0.15, -0.1) is 0 Å². The van der Waals surface area contributed by atoms with Crippen LogP contribution in [0.25, 0.3) is 0 Å². The largest absolute Gasteiger partial charge is 0.530 e. The molecule has 2 rings (SSSR count). The van der Waals surface area contributed by atoms with Gasteiger partial charge in [0.1, 0.15) is 12.7 Å². The highest BCUT2D eigenvalue weighted by atomic mass is 31.2. The Bertz CT molecular complexity index is 611. The highest BCUT2D eigenvalue weighted by Crippen LogP contribution is 2.50. The SMILES string of the molecule is CC(C)OC[C@@]1(O)O[C@@H](C)C[C@H]1OP(=O)(O)OC(=O)[C@H]1O[C@@H](C)C[C@H]1OC(C)C. The van der Waals surface area contributed by atoms with Gasteiger partial charge in [-0.2, -0.15) is 0 Å². The van der Waals surface area contributed by atoms with Crippen molar-refractivity contribution in [3.05, 3.63) is 0 Å². The van der Waals surface area contributed by atoms with Crippen molar-refractivity contribution in [1.29, 1.82) is 0 Å². The zero-order chi connectivity index (χ0) is 22.0. The maximum atomic E-state index is 12.5. The zero-order valence-electron chi connectivity index (χ0n) is 17.8. The molecule has 0 aromatic carbocycles. The summed E-state index contributed by atoms with van der Waals surface area (Å²) in [5, 5.41) is 10.7. The normalized spacial score (nSPS) is 37.2. The number of hydrogen-bond acceptors (Lipinski definition) is 9. The molecule has 2 N–H and O–H groups in total. The Morgan fingerprint density at radius 2 is 1.83 bits per heavy atom. The van der Waals surface area contributed by atoms with E-state index in [9.17, 15) is 19.4 Å². The van der Waals surface area contributed by atoms with Gasteiger partial charge in [0.25, 0.3) is 0 Å². The first-order valence-electron chi connectivity index (χ1n) is 9.88. The first-order valence-corrected chi connectivity index (χ1v) is 11.4. The Morgan fingerprint density at radius 1 is 1.17 bits per heavy atom. The van der Waals surface area contributed by atoms with Crippen molar-refractivity contribution >= 4 is 13.8 Å². The number of ether oxygens (including phenoxy) is 4. The second-order valence-electron chi connectivity index (χ2n) is 8.17. The molecule has 29 heavy (non-hydrogen) atoms. The quantitative estimate of drug-likeness (QED) is 0.513. The van der Waals surface area contributed by atoms with Gasteiger partial charge < -0.3 is 28.6 Å². The van der Waals surface area contributed by atoms with Gasteiger partial charge in [0.2, 0.25) is 5.79 Å². The van der Waals surface area contributed by atoms with Gasteiger partial charge in [0.15, 0.2) is 6.10 Å². The van der Waals surface area contributed by atoms with Crippen molar-refractivity contribution in [3.8, 4) is 0 Å². The zero-order valence-corrected chi connectivity index (χ0v) is 18.7. The van der Waals surface area contributed by atoms with E-state index in [2.05, 4.69) is 0 Å². The summed E-state index contributed by atoms with van der Waals surface area (Å²) in [7, 11) is -4.87. The standard InChI is InChI=1S/C18H33O10P/c1-10(2)23-9-18(20)15(8-13(6)26-18)27-29(21,22)28-17(19)16-14(24-11(3)4)7-12(5)25-16/h10-16,20H,7-9H2,1-6H3,(H,21,22)/t12-,13-,14+,15+,16-,18+/m0/s1. The van der Waals surface area contributed by atoms with Crippen molar-refractivity contribution in [2.24, 2.45) is 0 Å². The minimum atomic E-state index is -4.87. The van der Waals surface area contributed by atoms with E-state index < -0.39 is 44.0 Å². The average molecular weight is 440 g/mol. The van der Waals surface area contributed by atoms with Crippen LogP contribution in [0.2, 0.25) is 0 Å². The molecule has 2 heterocycles. The Hall–Kier alpha value is -0.580. The molecule has 2 fully saturated rings. The third-order valence-electron chi connectivity index (χ3n) is 4.50. The molecule has 2 saturated heterocycles. The van der Waals surface area contributed by atoms with Crippen LogP contribution in [0.4, 0.5) is 0 Å². The summed E-state index contributed by atoms with van der Waals surface area (Å²) in [6.45, 7) is 10.4. The number of rotatable bonds is 9. The third-order valence-corrected chi connectivity index (χ3v) is 5.44. The van der Waals surface area contributed by atoms with E-state index in [-0.39, 0.29) is 31.3 Å². The van der Waals surface area contributed by atoms with Crippen molar-refractivity contribution in [3.63, 3.8) is 0 Å². The van der Waals surface area contributed by atoms with Crippen molar-refractivity contribution in [2.75, 3.05) is 6.61 Å². The molecule has 0 aromatic rings. The van der Waals surface area contributed by atoms with Gasteiger partial charge in [-0.05, 0) is 41.5 Å². The molecule has 1 unspecified atom stereocenters. The summed E-state index contributed by atoms with van der Waals surface area (Å²) in [5.74, 6) is -2.99. The van der Waals surface area contributed by atoms with Crippen LogP contribution in [0.3, 0.4) is 0 Å². The number of carbonyl (C=O) groups is 1. The molecule has 0 radical (unpaired) electrons. The van der Waals surface area contributed by atoms with E-state index in [0.29, 0.717) is 6.42 Å². The lowest BCUT2D eigenvalue weighted by Gasteiger charge is -2.30. The van der Waals surface area contributed by atoms with Gasteiger partial charge in [-0.1, -0.05) is 0 Å². The summed E-state index contributed by atoms with van der Waals surface area (Å²) >= 11 is 0. The molecule has 0 spiro atoms. The van der Waals surface area contributed by atoms with Gasteiger partial charge in [0.05, 0.1) is 30.5 Å². The second-order valence-corrected chi connectivity index (χ2v) is 9.50. The molecular weight excluding hydrogens is 407 g/mol. The van der Waals surface area contributed by atoms with Crippen LogP contribution in [-0.2, 0) is 37.4 Å². The average Bonchev–Trinajstić information content (AvgIpc) is 3.03. The van der Waals surface area contributed by atoms with Gasteiger partial charge in [-0.25, -0.2) is 9.36 Å². The minimum absolute atomic E-state index is 0.121. The van der Waals surface area contributed by atoms with Crippen LogP contribution in [0.5, 0.6) is 0 Å². The first kappa shape index (κ1) is 24.7. The predicted octanol–water partition coefficient (Wildman–Crippen LogP) is 1.91. The molecule has 0 bridgehead atoms. The molecule has 170 valence electrons. The van der Waals surface area contributed by atoms with Gasteiger partial charge in [0, 0.05) is 12.8 Å². The van der Waals surface area contributed by atoms with Gasteiger partial charge >= 0.3 is 13.8 Å². The fourth-order valence-corrected chi connectivity index (χ4v) is 4.32. The van der Waals surface area contributed by atoms with E-state index in [1.807, 2.05) is 13.8 Å². The Labute approximate surface area is 171 Å². The topological polar surface area (TPSA) is 130 Å². The van der Waals surface area contributed by atoms with Crippen LogP contribution in [0, 0.1) is 0 Å². The van der Waals surface area contributed by atoms with Crippen LogP contribution in [0.15, 0.2) is 0 Å². The molecule has 2 aliphatic rings. The molecular formula is C18H33O10P. The molecule has 0 aliphatic carbocycles. The number of hydrogen-bond donors (Lipinski definition) is 2. The van der Waals surface area contributed by atoms with Crippen molar-refractivity contribution < 1.29 is 47.4 Å². The summed E-state index contributed by atoms with van der Waals surface area (Å²) in [6.07, 6.45) is -3.44. The van der Waals surface area contributed by atoms with E-state index in [1.165, 1.54) is 0 Å². The van der Waals surface area contributed by atoms with E-state index >= 15 is 0 Å². The smallest absolute Gasteiger partial charge is 0.373 e. The lowest BCUT2D eigenvalue weighted by atomic mass is 10.1. The summed E-state index contributed by atoms with van der Waals surface area (Å²) in [6, 6.07) is 0. The fourth-order valence-electron chi connectivity index (χ4n) is 3.37. The maximum absolute atomic E-state index is 12.5. The minimum Gasteiger partial charge on any atom is -0.373 e. The first-order chi connectivity index (χ1) is 13.3. The highest BCUT2D eigenvalue weighted by Gasteiger charge is 2.52. The monoisotopic (exact) mass is 440 g/mol. The van der Waals surface area contributed by atoms with Gasteiger partial charge in [-0.3, -0.25) is 9.42 Å². The van der Waals surface area contributed by atoms with E-state index in [1.54, 1.807) is 27.7 Å². The number of aliphatic hydroxyl groups is 1. The lowest BCUT2D eigenvalue weighted by molar-refractivity contribution is -0.252. The molecule has 10 nitrogen and oxygen atoms in total. The maximum Gasteiger partial charge on any atom is 0.530 e. The van der Waals surface area contributed by atoms with E-state index in [0.717, 1.165) is 0 Å². The Morgan fingerprint density at radius 3 is 2.41 bits per heavy atom. The lowest BCUT2D eigenvalue weighted by Crippen LogP contribution is -2.45. The molecule has 7 atom stereocenters. The molecule has 11 heteroatoms. The second kappa shape index (κ2) is 9.70. The fraction of sp³-hybridized carbons (Fsp3) is 0.944. The Kier molecular flexibility index (Phi) is 8.26. The van der Waals surface area contributed by atoms with Crippen molar-refractivity contribution in [1.82, 2.24) is 0 Å². The third kappa shape index (κ3) is 6.97. The molecule has 0 amide bonds. The number of carbonyl (C=O) groups excluding carboxylic acids is 1. The van der Waals surface area contributed by atoms with Crippen LogP contribution in [-0.4, -0.2) is 71.1 Å². The summed E-state index contributed by atoms with van der Waals surface area (Å²) in [4.78, 5) is 22.6.